The van der Waals surface area contributed by atoms with Gasteiger partial charge in [0.2, 0.25) is 5.91 Å². The Balaban J connectivity index is 1.52. The fourth-order valence-electron chi connectivity index (χ4n) is 3.53. The van der Waals surface area contributed by atoms with E-state index in [1.165, 1.54) is 12.4 Å². The summed E-state index contributed by atoms with van der Waals surface area (Å²) in [7, 11) is 0. The molecule has 0 aliphatic heterocycles. The molecular formula is C23H17N7O2. The quantitative estimate of drug-likeness (QED) is 0.525. The van der Waals surface area contributed by atoms with Gasteiger partial charge in [-0.15, -0.1) is 0 Å². The number of pyridine rings is 3. The molecule has 9 heteroatoms. The molecule has 1 aliphatic rings. The van der Waals surface area contributed by atoms with Crippen molar-refractivity contribution in [2.24, 2.45) is 5.73 Å². The lowest BCUT2D eigenvalue weighted by Gasteiger charge is -2.21. The smallest absolute Gasteiger partial charge is 0.259 e. The van der Waals surface area contributed by atoms with Crippen molar-refractivity contribution < 1.29 is 9.59 Å². The number of carbonyl (C=O) groups excluding carboxylic acids is 2. The molecule has 1 fully saturated rings. The predicted octanol–water partition coefficient (Wildman–Crippen LogP) is 2.57. The predicted molar refractivity (Wildman–Crippen MR) is 116 cm³/mol. The van der Waals surface area contributed by atoms with Crippen molar-refractivity contribution >= 4 is 23.1 Å². The summed E-state index contributed by atoms with van der Waals surface area (Å²) in [5, 5.41) is 13.4. The van der Waals surface area contributed by atoms with E-state index in [0.29, 0.717) is 33.7 Å². The number of fused-ring (bicyclic) bond motifs is 1. The van der Waals surface area contributed by atoms with Crippen molar-refractivity contribution in [2.45, 2.75) is 18.9 Å². The molecule has 1 saturated carbocycles. The lowest BCUT2D eigenvalue weighted by Crippen LogP contribution is -2.33. The molecule has 4 heterocycles. The van der Waals surface area contributed by atoms with E-state index >= 15 is 0 Å². The van der Waals surface area contributed by atoms with Gasteiger partial charge in [-0.1, -0.05) is 0 Å². The number of aromatic nitrogens is 4. The van der Waals surface area contributed by atoms with Gasteiger partial charge >= 0.3 is 0 Å². The van der Waals surface area contributed by atoms with Crippen LogP contribution in [0.25, 0.3) is 16.8 Å². The second kappa shape index (κ2) is 7.59. The highest BCUT2D eigenvalue weighted by Gasteiger charge is 2.35. The standard InChI is InChI=1S/C23H17N7O2/c24-10-14-1-6-21(27-11-14)30(17-3-4-17)23(32)15-7-8-29-20(9-15)18(13-28-29)19-5-2-16(12-26-19)22(25)31/h1-2,5-9,11-13,17H,3-4H2,(H2,25,31). The first-order chi connectivity index (χ1) is 15.5. The first-order valence-electron chi connectivity index (χ1n) is 9.98. The Labute approximate surface area is 182 Å². The van der Waals surface area contributed by atoms with E-state index in [-0.39, 0.29) is 11.9 Å². The summed E-state index contributed by atoms with van der Waals surface area (Å²) < 4.78 is 1.66. The van der Waals surface area contributed by atoms with Gasteiger partial charge in [-0.25, -0.2) is 9.50 Å². The largest absolute Gasteiger partial charge is 0.366 e. The summed E-state index contributed by atoms with van der Waals surface area (Å²) in [5.41, 5.74) is 8.59. The average Bonchev–Trinajstić information content (AvgIpc) is 3.57. The average molecular weight is 423 g/mol. The van der Waals surface area contributed by atoms with E-state index in [1.54, 1.807) is 58.2 Å². The minimum atomic E-state index is -0.548. The van der Waals surface area contributed by atoms with E-state index in [1.807, 2.05) is 6.07 Å². The zero-order chi connectivity index (χ0) is 22.2. The summed E-state index contributed by atoms with van der Waals surface area (Å²) >= 11 is 0. The SMILES string of the molecule is N#Cc1ccc(N(C(=O)c2ccn3ncc(-c4ccc(C(N)=O)cn4)c3c2)C2CC2)nc1. The Kier molecular flexibility index (Phi) is 4.60. The summed E-state index contributed by atoms with van der Waals surface area (Å²) in [6.45, 7) is 0. The molecule has 9 nitrogen and oxygen atoms in total. The third-order valence-corrected chi connectivity index (χ3v) is 5.35. The van der Waals surface area contributed by atoms with Crippen LogP contribution in [0.15, 0.2) is 61.2 Å². The summed E-state index contributed by atoms with van der Waals surface area (Å²) in [6, 6.07) is 12.3. The number of amides is 2. The second-order valence-electron chi connectivity index (χ2n) is 7.52. The molecular weight excluding hydrogens is 406 g/mol. The van der Waals surface area contributed by atoms with Crippen LogP contribution in [-0.4, -0.2) is 37.4 Å². The van der Waals surface area contributed by atoms with Gasteiger partial charge in [0.1, 0.15) is 11.9 Å². The highest BCUT2D eigenvalue weighted by atomic mass is 16.2. The Morgan fingerprint density at radius 2 is 1.91 bits per heavy atom. The zero-order valence-electron chi connectivity index (χ0n) is 16.8. The molecule has 0 aromatic carbocycles. The lowest BCUT2D eigenvalue weighted by atomic mass is 10.1. The van der Waals surface area contributed by atoms with E-state index in [4.69, 9.17) is 11.0 Å². The first kappa shape index (κ1) is 19.4. The molecule has 4 aromatic heterocycles. The summed E-state index contributed by atoms with van der Waals surface area (Å²) in [5.74, 6) is -0.196. The van der Waals surface area contributed by atoms with Crippen LogP contribution >= 0.6 is 0 Å². The van der Waals surface area contributed by atoms with Crippen molar-refractivity contribution in [3.63, 3.8) is 0 Å². The van der Waals surface area contributed by atoms with Crippen molar-refractivity contribution in [1.82, 2.24) is 19.6 Å². The van der Waals surface area contributed by atoms with Crippen molar-refractivity contribution in [3.05, 3.63) is 77.9 Å². The molecule has 5 rings (SSSR count). The van der Waals surface area contributed by atoms with Gasteiger partial charge < -0.3 is 5.73 Å². The first-order valence-corrected chi connectivity index (χ1v) is 9.98. The van der Waals surface area contributed by atoms with Gasteiger partial charge in [-0.2, -0.15) is 10.4 Å². The van der Waals surface area contributed by atoms with Crippen LogP contribution < -0.4 is 10.6 Å². The molecule has 0 radical (unpaired) electrons. The number of nitrogens with two attached hydrogens (primary N) is 1. The van der Waals surface area contributed by atoms with Crippen LogP contribution in [0.1, 0.15) is 39.1 Å². The third kappa shape index (κ3) is 3.44. The monoisotopic (exact) mass is 423 g/mol. The van der Waals surface area contributed by atoms with Crippen molar-refractivity contribution in [2.75, 3.05) is 4.90 Å². The lowest BCUT2D eigenvalue weighted by molar-refractivity contribution is 0.0981. The Morgan fingerprint density at radius 3 is 2.53 bits per heavy atom. The maximum absolute atomic E-state index is 13.4. The van der Waals surface area contributed by atoms with Crippen LogP contribution in [0.2, 0.25) is 0 Å². The van der Waals surface area contributed by atoms with Crippen LogP contribution in [0.5, 0.6) is 0 Å². The van der Waals surface area contributed by atoms with E-state index in [9.17, 15) is 9.59 Å². The second-order valence-corrected chi connectivity index (χ2v) is 7.52. The van der Waals surface area contributed by atoms with Crippen LogP contribution in [-0.2, 0) is 0 Å². The normalized spacial score (nSPS) is 13.0. The van der Waals surface area contributed by atoms with Crippen molar-refractivity contribution in [3.8, 4) is 17.3 Å². The number of nitriles is 1. The minimum Gasteiger partial charge on any atom is -0.366 e. The molecule has 0 bridgehead atoms. The molecule has 0 unspecified atom stereocenters. The van der Waals surface area contributed by atoms with Crippen LogP contribution in [0.4, 0.5) is 5.82 Å². The highest BCUT2D eigenvalue weighted by molar-refractivity contribution is 6.07. The zero-order valence-corrected chi connectivity index (χ0v) is 16.8. The number of rotatable bonds is 5. The molecule has 156 valence electrons. The fourth-order valence-corrected chi connectivity index (χ4v) is 3.53. The molecule has 0 spiro atoms. The number of anilines is 1. The maximum Gasteiger partial charge on any atom is 0.259 e. The molecule has 0 atom stereocenters. The van der Waals surface area contributed by atoms with Crippen molar-refractivity contribution in [1.29, 1.82) is 5.26 Å². The van der Waals surface area contributed by atoms with Gasteiger partial charge in [0, 0.05) is 35.8 Å². The molecule has 32 heavy (non-hydrogen) atoms. The maximum atomic E-state index is 13.4. The van der Waals surface area contributed by atoms with Crippen LogP contribution in [0.3, 0.4) is 0 Å². The topological polar surface area (TPSA) is 130 Å². The van der Waals surface area contributed by atoms with Gasteiger partial charge in [0.25, 0.3) is 5.91 Å². The van der Waals surface area contributed by atoms with E-state index < -0.39 is 5.91 Å². The van der Waals surface area contributed by atoms with E-state index in [0.717, 1.165) is 18.4 Å². The summed E-state index contributed by atoms with van der Waals surface area (Å²) in [4.78, 5) is 35.1. The molecule has 2 N–H and O–H groups in total. The summed E-state index contributed by atoms with van der Waals surface area (Å²) in [6.07, 6.45) is 8.09. The van der Waals surface area contributed by atoms with Gasteiger partial charge in [-0.3, -0.25) is 19.5 Å². The Morgan fingerprint density at radius 1 is 1.06 bits per heavy atom. The number of hydrogen-bond donors (Lipinski definition) is 1. The number of hydrogen-bond acceptors (Lipinski definition) is 6. The van der Waals surface area contributed by atoms with E-state index in [2.05, 4.69) is 15.1 Å². The number of primary amides is 1. The van der Waals surface area contributed by atoms with Gasteiger partial charge in [-0.05, 0) is 49.2 Å². The van der Waals surface area contributed by atoms with Gasteiger partial charge in [0.05, 0.1) is 28.5 Å². The Hall–Kier alpha value is -4.58. The fraction of sp³-hybridized carbons (Fsp3) is 0.130. The minimum absolute atomic E-state index is 0.0894. The molecule has 2 amide bonds. The molecule has 1 aliphatic carbocycles. The number of carbonyl (C=O) groups is 2. The number of nitrogens with zero attached hydrogens (tertiary/aromatic N) is 6. The highest BCUT2D eigenvalue weighted by Crippen LogP contribution is 2.33. The van der Waals surface area contributed by atoms with Crippen LogP contribution in [0, 0.1) is 11.3 Å². The Bertz CT molecular complexity index is 1380. The molecule has 4 aromatic rings. The van der Waals surface area contributed by atoms with Gasteiger partial charge in [0.15, 0.2) is 0 Å². The third-order valence-electron chi connectivity index (χ3n) is 5.35. The molecule has 0 saturated heterocycles.